The van der Waals surface area contributed by atoms with Crippen molar-refractivity contribution in [3.63, 3.8) is 0 Å². The molecule has 6 nitrogen and oxygen atoms in total. The fourth-order valence-corrected chi connectivity index (χ4v) is 2.76. The number of ether oxygens (including phenoxy) is 2. The van der Waals surface area contributed by atoms with Gasteiger partial charge < -0.3 is 19.3 Å². The minimum Gasteiger partial charge on any atom is -0.481 e. The molecule has 1 fully saturated rings. The third-order valence-electron chi connectivity index (χ3n) is 3.36. The number of halogens is 1. The monoisotopic (exact) mass is 344 g/mol. The first-order valence-corrected chi connectivity index (χ1v) is 7.89. The van der Waals surface area contributed by atoms with Gasteiger partial charge in [0, 0.05) is 31.5 Å². The molecule has 0 aliphatic carbocycles. The summed E-state index contributed by atoms with van der Waals surface area (Å²) in [4.78, 5) is 13.5. The van der Waals surface area contributed by atoms with E-state index in [1.807, 2.05) is 0 Å². The number of aromatic nitrogens is 2. The van der Waals surface area contributed by atoms with Crippen molar-refractivity contribution in [2.75, 3.05) is 57.2 Å². The lowest BCUT2D eigenvalue weighted by Gasteiger charge is -2.22. The Hall–Kier alpha value is -1.08. The smallest absolute Gasteiger partial charge is 0.232 e. The van der Waals surface area contributed by atoms with E-state index >= 15 is 0 Å². The van der Waals surface area contributed by atoms with Crippen LogP contribution in [0.25, 0.3) is 0 Å². The maximum atomic E-state index is 5.20. The topological polar surface area (TPSA) is 50.7 Å². The molecule has 0 aromatic carbocycles. The van der Waals surface area contributed by atoms with Crippen LogP contribution < -0.4 is 14.4 Å². The first kappa shape index (κ1) is 15.3. The van der Waals surface area contributed by atoms with Gasteiger partial charge in [-0.1, -0.05) is 15.9 Å². The third-order valence-corrected chi connectivity index (χ3v) is 3.71. The van der Waals surface area contributed by atoms with Gasteiger partial charge in [-0.25, -0.2) is 0 Å². The first-order chi connectivity index (χ1) is 9.76. The van der Waals surface area contributed by atoms with E-state index in [2.05, 4.69) is 35.7 Å². The second kappa shape index (κ2) is 7.64. The van der Waals surface area contributed by atoms with Crippen molar-refractivity contribution in [3.05, 3.63) is 6.07 Å². The Bertz CT molecular complexity index is 411. The molecule has 1 aliphatic rings. The van der Waals surface area contributed by atoms with Crippen LogP contribution in [0, 0.1) is 0 Å². The van der Waals surface area contributed by atoms with Gasteiger partial charge in [-0.15, -0.1) is 0 Å². The molecular weight excluding hydrogens is 324 g/mol. The highest BCUT2D eigenvalue weighted by atomic mass is 79.9. The van der Waals surface area contributed by atoms with Gasteiger partial charge in [-0.05, 0) is 13.0 Å². The van der Waals surface area contributed by atoms with Gasteiger partial charge in [0.15, 0.2) is 0 Å². The van der Waals surface area contributed by atoms with Crippen LogP contribution in [0.3, 0.4) is 0 Å². The second-order valence-electron chi connectivity index (χ2n) is 4.62. The molecule has 0 atom stereocenters. The van der Waals surface area contributed by atoms with Gasteiger partial charge in [-0.2, -0.15) is 9.97 Å². The van der Waals surface area contributed by atoms with E-state index in [0.29, 0.717) is 17.7 Å². The van der Waals surface area contributed by atoms with Crippen molar-refractivity contribution in [2.45, 2.75) is 6.42 Å². The number of nitrogens with zero attached hydrogens (tertiary/aromatic N) is 4. The van der Waals surface area contributed by atoms with E-state index < -0.39 is 0 Å². The van der Waals surface area contributed by atoms with Crippen LogP contribution in [0.2, 0.25) is 0 Å². The Morgan fingerprint density at radius 3 is 2.40 bits per heavy atom. The minimum absolute atomic E-state index is 0.536. The van der Waals surface area contributed by atoms with Gasteiger partial charge in [-0.3, -0.25) is 0 Å². The van der Waals surface area contributed by atoms with Crippen molar-refractivity contribution >= 4 is 21.9 Å². The van der Waals surface area contributed by atoms with E-state index in [9.17, 15) is 0 Å². The summed E-state index contributed by atoms with van der Waals surface area (Å²) in [5.41, 5.74) is 0. The van der Waals surface area contributed by atoms with Gasteiger partial charge in [0.05, 0.1) is 20.3 Å². The van der Waals surface area contributed by atoms with Crippen LogP contribution in [0.5, 0.6) is 11.8 Å². The Labute approximate surface area is 128 Å². The Morgan fingerprint density at radius 1 is 1.10 bits per heavy atom. The van der Waals surface area contributed by atoms with Gasteiger partial charge >= 0.3 is 0 Å². The number of hydrogen-bond acceptors (Lipinski definition) is 6. The summed E-state index contributed by atoms with van der Waals surface area (Å²) in [5.74, 6) is 1.75. The van der Waals surface area contributed by atoms with Crippen molar-refractivity contribution in [1.29, 1.82) is 0 Å². The SMILES string of the molecule is COc1cc(OC)nc(N2CCCN(CCBr)CC2)n1. The molecule has 0 amide bonds. The zero-order chi connectivity index (χ0) is 14.4. The normalized spacial score (nSPS) is 16.9. The lowest BCUT2D eigenvalue weighted by Crippen LogP contribution is -2.32. The number of rotatable bonds is 5. The molecule has 0 spiro atoms. The molecule has 1 aromatic rings. The standard InChI is InChI=1S/C13H21BrN4O2/c1-19-11-10-12(20-2)16-13(15-11)18-6-3-5-17(7-4-14)8-9-18/h10H,3-9H2,1-2H3. The van der Waals surface area contributed by atoms with Crippen molar-refractivity contribution in [1.82, 2.24) is 14.9 Å². The van der Waals surface area contributed by atoms with Crippen LogP contribution in [0.4, 0.5) is 5.95 Å². The molecule has 0 radical (unpaired) electrons. The largest absolute Gasteiger partial charge is 0.481 e. The summed E-state index contributed by atoms with van der Waals surface area (Å²) in [6, 6.07) is 1.69. The van der Waals surface area contributed by atoms with E-state index in [1.54, 1.807) is 20.3 Å². The molecule has 1 aliphatic heterocycles. The number of hydrogen-bond donors (Lipinski definition) is 0. The summed E-state index contributed by atoms with van der Waals surface area (Å²) in [6.07, 6.45) is 1.11. The Morgan fingerprint density at radius 2 is 1.80 bits per heavy atom. The number of anilines is 1. The van der Waals surface area contributed by atoms with E-state index in [0.717, 1.165) is 44.5 Å². The molecule has 20 heavy (non-hydrogen) atoms. The fraction of sp³-hybridized carbons (Fsp3) is 0.692. The van der Waals surface area contributed by atoms with Crippen molar-refractivity contribution in [3.8, 4) is 11.8 Å². The molecule has 2 heterocycles. The van der Waals surface area contributed by atoms with Gasteiger partial charge in [0.1, 0.15) is 0 Å². The molecule has 7 heteroatoms. The summed E-state index contributed by atoms with van der Waals surface area (Å²) in [5, 5.41) is 1.01. The van der Waals surface area contributed by atoms with Crippen LogP contribution in [-0.4, -0.2) is 67.1 Å². The molecule has 2 rings (SSSR count). The molecule has 0 bridgehead atoms. The third kappa shape index (κ3) is 3.96. The van der Waals surface area contributed by atoms with Crippen molar-refractivity contribution < 1.29 is 9.47 Å². The van der Waals surface area contributed by atoms with E-state index in [1.165, 1.54) is 0 Å². The van der Waals surface area contributed by atoms with Crippen molar-refractivity contribution in [2.24, 2.45) is 0 Å². The second-order valence-corrected chi connectivity index (χ2v) is 5.42. The highest BCUT2D eigenvalue weighted by Gasteiger charge is 2.18. The van der Waals surface area contributed by atoms with Crippen LogP contribution in [0.15, 0.2) is 6.07 Å². The summed E-state index contributed by atoms with van der Waals surface area (Å²) in [6.45, 7) is 5.09. The van der Waals surface area contributed by atoms with Crippen LogP contribution in [-0.2, 0) is 0 Å². The Kier molecular flexibility index (Phi) is 5.85. The first-order valence-electron chi connectivity index (χ1n) is 6.77. The molecule has 0 saturated carbocycles. The number of alkyl halides is 1. The quantitative estimate of drug-likeness (QED) is 0.752. The zero-order valence-corrected chi connectivity index (χ0v) is 13.6. The van der Waals surface area contributed by atoms with Gasteiger partial charge in [0.25, 0.3) is 0 Å². The maximum Gasteiger partial charge on any atom is 0.232 e. The molecule has 1 aromatic heterocycles. The lowest BCUT2D eigenvalue weighted by atomic mass is 10.4. The van der Waals surface area contributed by atoms with Crippen LogP contribution >= 0.6 is 15.9 Å². The number of methoxy groups -OCH3 is 2. The van der Waals surface area contributed by atoms with E-state index in [4.69, 9.17) is 9.47 Å². The molecule has 112 valence electrons. The molecule has 0 unspecified atom stereocenters. The predicted octanol–water partition coefficient (Wildman–Crippen LogP) is 1.40. The summed E-state index contributed by atoms with van der Waals surface area (Å²) in [7, 11) is 3.21. The average Bonchev–Trinajstić information content (AvgIpc) is 2.73. The molecule has 1 saturated heterocycles. The summed E-state index contributed by atoms with van der Waals surface area (Å²) < 4.78 is 10.4. The van der Waals surface area contributed by atoms with Crippen LogP contribution in [0.1, 0.15) is 6.42 Å². The van der Waals surface area contributed by atoms with E-state index in [-0.39, 0.29) is 0 Å². The molecule has 0 N–H and O–H groups in total. The maximum absolute atomic E-state index is 5.20. The zero-order valence-electron chi connectivity index (χ0n) is 12.0. The summed E-state index contributed by atoms with van der Waals surface area (Å²) >= 11 is 3.50. The fourth-order valence-electron chi connectivity index (χ4n) is 2.26. The highest BCUT2D eigenvalue weighted by molar-refractivity contribution is 9.09. The lowest BCUT2D eigenvalue weighted by molar-refractivity contribution is 0.313. The average molecular weight is 345 g/mol. The Balaban J connectivity index is 2.10. The predicted molar refractivity (Wildman–Crippen MR) is 82.2 cm³/mol. The molecular formula is C13H21BrN4O2. The van der Waals surface area contributed by atoms with Gasteiger partial charge in [0.2, 0.25) is 17.7 Å². The highest BCUT2D eigenvalue weighted by Crippen LogP contribution is 2.21. The minimum atomic E-state index is 0.536.